The van der Waals surface area contributed by atoms with E-state index in [0.717, 1.165) is 29.7 Å². The van der Waals surface area contributed by atoms with Crippen molar-refractivity contribution in [1.29, 1.82) is 0 Å². The van der Waals surface area contributed by atoms with Crippen LogP contribution in [0.25, 0.3) is 0 Å². The Kier molecular flexibility index (Phi) is 6.77. The summed E-state index contributed by atoms with van der Waals surface area (Å²) < 4.78 is 7.02. The number of aromatic nitrogens is 1. The number of pyridine rings is 1. The van der Waals surface area contributed by atoms with E-state index in [2.05, 4.69) is 31.9 Å². The number of piperazine rings is 1. The van der Waals surface area contributed by atoms with Crippen LogP contribution in [0.5, 0.6) is 5.75 Å². The molecule has 154 valence electrons. The maximum atomic E-state index is 13.2. The van der Waals surface area contributed by atoms with Gasteiger partial charge in [0.2, 0.25) is 0 Å². The van der Waals surface area contributed by atoms with Crippen molar-refractivity contribution in [1.82, 2.24) is 14.8 Å². The van der Waals surface area contributed by atoms with E-state index < -0.39 is 0 Å². The molecule has 1 aromatic heterocycles. The van der Waals surface area contributed by atoms with Gasteiger partial charge in [-0.25, -0.2) is 0 Å². The van der Waals surface area contributed by atoms with Crippen molar-refractivity contribution in [2.75, 3.05) is 26.2 Å². The molecule has 0 radical (unpaired) electrons. The van der Waals surface area contributed by atoms with Crippen molar-refractivity contribution in [3.8, 4) is 5.75 Å². The molecule has 0 saturated carbocycles. The van der Waals surface area contributed by atoms with E-state index >= 15 is 0 Å². The zero-order valence-electron chi connectivity index (χ0n) is 16.7. The normalized spacial score (nSPS) is 14.5. The van der Waals surface area contributed by atoms with E-state index in [4.69, 9.17) is 4.74 Å². The number of carbonyl (C=O) groups is 1. The zero-order chi connectivity index (χ0) is 20.8. The summed E-state index contributed by atoms with van der Waals surface area (Å²) in [6.07, 6.45) is 3.69. The van der Waals surface area contributed by atoms with Crippen LogP contribution in [0.4, 0.5) is 0 Å². The van der Waals surface area contributed by atoms with E-state index in [-0.39, 0.29) is 5.91 Å². The number of para-hydroxylation sites is 1. The van der Waals surface area contributed by atoms with Gasteiger partial charge in [0.05, 0.1) is 5.56 Å². The molecule has 1 aliphatic rings. The molecular formula is C24H24BrN3O2. The third kappa shape index (κ3) is 5.07. The first-order chi connectivity index (χ1) is 14.7. The number of halogens is 1. The molecule has 3 aromatic rings. The summed E-state index contributed by atoms with van der Waals surface area (Å²) in [5.41, 5.74) is 2.86. The van der Waals surface area contributed by atoms with Crippen molar-refractivity contribution in [3.63, 3.8) is 0 Å². The Morgan fingerprint density at radius 3 is 2.50 bits per heavy atom. The van der Waals surface area contributed by atoms with Gasteiger partial charge >= 0.3 is 0 Å². The molecule has 0 aliphatic carbocycles. The molecule has 6 heteroatoms. The van der Waals surface area contributed by atoms with Crippen molar-refractivity contribution in [3.05, 3.63) is 94.2 Å². The van der Waals surface area contributed by atoms with Gasteiger partial charge in [-0.15, -0.1) is 0 Å². The lowest BCUT2D eigenvalue weighted by Gasteiger charge is -2.35. The minimum Gasteiger partial charge on any atom is -0.488 e. The van der Waals surface area contributed by atoms with Crippen molar-refractivity contribution < 1.29 is 9.53 Å². The van der Waals surface area contributed by atoms with Gasteiger partial charge in [-0.2, -0.15) is 0 Å². The third-order valence-corrected chi connectivity index (χ3v) is 6.02. The number of hydrogen-bond acceptors (Lipinski definition) is 4. The SMILES string of the molecule is O=C(c1ccccc1OCc1ccccc1Br)N1CCN(Cc2cccnc2)CC1. The Hall–Kier alpha value is -2.70. The van der Waals surface area contributed by atoms with E-state index in [0.29, 0.717) is 31.0 Å². The highest BCUT2D eigenvalue weighted by Gasteiger charge is 2.24. The number of ether oxygens (including phenoxy) is 1. The minimum atomic E-state index is 0.0266. The van der Waals surface area contributed by atoms with E-state index in [1.807, 2.05) is 65.7 Å². The highest BCUT2D eigenvalue weighted by molar-refractivity contribution is 9.10. The molecule has 0 unspecified atom stereocenters. The molecule has 2 aromatic carbocycles. The van der Waals surface area contributed by atoms with Crippen molar-refractivity contribution in [2.24, 2.45) is 0 Å². The standard InChI is InChI=1S/C24H24BrN3O2/c25-22-9-3-1-7-20(22)18-30-23-10-4-2-8-21(23)24(29)28-14-12-27(13-15-28)17-19-6-5-11-26-16-19/h1-11,16H,12-15,17-18H2. The molecule has 2 heterocycles. The average Bonchev–Trinajstić information content (AvgIpc) is 2.79. The molecule has 1 aliphatic heterocycles. The monoisotopic (exact) mass is 465 g/mol. The first-order valence-electron chi connectivity index (χ1n) is 10.1. The summed E-state index contributed by atoms with van der Waals surface area (Å²) in [5.74, 6) is 0.648. The van der Waals surface area contributed by atoms with Crippen LogP contribution in [0.15, 0.2) is 77.5 Å². The Balaban J connectivity index is 1.37. The van der Waals surface area contributed by atoms with Crippen LogP contribution < -0.4 is 4.74 Å². The van der Waals surface area contributed by atoms with Gasteiger partial charge < -0.3 is 9.64 Å². The molecule has 1 saturated heterocycles. The fourth-order valence-corrected chi connectivity index (χ4v) is 3.97. The lowest BCUT2D eigenvalue weighted by molar-refractivity contribution is 0.0624. The van der Waals surface area contributed by atoms with Crippen LogP contribution >= 0.6 is 15.9 Å². The van der Waals surface area contributed by atoms with Crippen LogP contribution in [0, 0.1) is 0 Å². The molecule has 5 nitrogen and oxygen atoms in total. The van der Waals surface area contributed by atoms with Gasteiger partial charge in [0.25, 0.3) is 5.91 Å². The highest BCUT2D eigenvalue weighted by Crippen LogP contribution is 2.24. The smallest absolute Gasteiger partial charge is 0.257 e. The number of hydrogen-bond donors (Lipinski definition) is 0. The average molecular weight is 466 g/mol. The second-order valence-electron chi connectivity index (χ2n) is 7.31. The first-order valence-corrected chi connectivity index (χ1v) is 10.9. The summed E-state index contributed by atoms with van der Waals surface area (Å²) >= 11 is 3.55. The lowest BCUT2D eigenvalue weighted by atomic mass is 10.1. The van der Waals surface area contributed by atoms with Gasteiger partial charge in [0.1, 0.15) is 12.4 Å². The summed E-state index contributed by atoms with van der Waals surface area (Å²) in [6, 6.07) is 19.5. The summed E-state index contributed by atoms with van der Waals surface area (Å²) in [6.45, 7) is 4.38. The molecule has 30 heavy (non-hydrogen) atoms. The quantitative estimate of drug-likeness (QED) is 0.541. The molecule has 0 spiro atoms. The van der Waals surface area contributed by atoms with Crippen LogP contribution in [0.3, 0.4) is 0 Å². The van der Waals surface area contributed by atoms with Gasteiger partial charge in [-0.1, -0.05) is 52.3 Å². The number of amides is 1. The molecule has 0 bridgehead atoms. The minimum absolute atomic E-state index is 0.0266. The highest BCUT2D eigenvalue weighted by atomic mass is 79.9. The molecule has 1 amide bonds. The van der Waals surface area contributed by atoms with Crippen LogP contribution in [0.1, 0.15) is 21.5 Å². The number of nitrogens with zero attached hydrogens (tertiary/aromatic N) is 3. The number of carbonyl (C=O) groups excluding carboxylic acids is 1. The second kappa shape index (κ2) is 9.87. The van der Waals surface area contributed by atoms with Gasteiger partial charge in [0.15, 0.2) is 0 Å². The molecule has 0 N–H and O–H groups in total. The van der Waals surface area contributed by atoms with Gasteiger partial charge in [-0.05, 0) is 29.8 Å². The molecule has 4 rings (SSSR count). The topological polar surface area (TPSA) is 45.7 Å². The molecule has 1 fully saturated rings. The van der Waals surface area contributed by atoms with Crippen LogP contribution in [0.2, 0.25) is 0 Å². The summed E-state index contributed by atoms with van der Waals surface area (Å²) in [7, 11) is 0. The maximum absolute atomic E-state index is 13.2. The predicted octanol–water partition coefficient (Wildman–Crippen LogP) is 4.38. The van der Waals surface area contributed by atoms with Gasteiger partial charge in [0, 0.05) is 55.2 Å². The predicted molar refractivity (Wildman–Crippen MR) is 120 cm³/mol. The van der Waals surface area contributed by atoms with Crippen molar-refractivity contribution in [2.45, 2.75) is 13.2 Å². The fraction of sp³-hybridized carbons (Fsp3) is 0.250. The van der Waals surface area contributed by atoms with E-state index in [9.17, 15) is 4.79 Å². The van der Waals surface area contributed by atoms with Crippen molar-refractivity contribution >= 4 is 21.8 Å². The third-order valence-electron chi connectivity index (χ3n) is 5.25. The largest absolute Gasteiger partial charge is 0.488 e. The molecule has 0 atom stereocenters. The van der Waals surface area contributed by atoms with Gasteiger partial charge in [-0.3, -0.25) is 14.7 Å². The zero-order valence-corrected chi connectivity index (χ0v) is 18.3. The Morgan fingerprint density at radius 1 is 0.967 bits per heavy atom. The molecular weight excluding hydrogens is 442 g/mol. The Morgan fingerprint density at radius 2 is 1.73 bits per heavy atom. The Bertz CT molecular complexity index is 989. The second-order valence-corrected chi connectivity index (χ2v) is 8.16. The fourth-order valence-electron chi connectivity index (χ4n) is 3.57. The van der Waals surface area contributed by atoms with Crippen LogP contribution in [-0.4, -0.2) is 46.9 Å². The number of benzene rings is 2. The summed E-state index contributed by atoms with van der Waals surface area (Å²) in [4.78, 5) is 21.6. The lowest BCUT2D eigenvalue weighted by Crippen LogP contribution is -2.48. The van der Waals surface area contributed by atoms with Crippen LogP contribution in [-0.2, 0) is 13.2 Å². The van der Waals surface area contributed by atoms with E-state index in [1.54, 1.807) is 6.20 Å². The number of rotatable bonds is 6. The van der Waals surface area contributed by atoms with E-state index in [1.165, 1.54) is 5.56 Å². The first kappa shape index (κ1) is 20.6. The Labute approximate surface area is 185 Å². The summed E-state index contributed by atoms with van der Waals surface area (Å²) in [5, 5.41) is 0. The maximum Gasteiger partial charge on any atom is 0.257 e.